The number of nitrogens with zero attached hydrogens (tertiary/aromatic N) is 1. The monoisotopic (exact) mass is 266 g/mol. The maximum Gasteiger partial charge on any atom is 0.134 e. The molecule has 104 valence electrons. The molecule has 0 aliphatic carbocycles. The first-order valence-electron chi connectivity index (χ1n) is 7.42. The molecule has 0 saturated carbocycles. The molecule has 1 atom stereocenters. The number of nitrogens with one attached hydrogen (secondary N) is 1. The minimum absolute atomic E-state index is 0.0326. The van der Waals surface area contributed by atoms with Crippen LogP contribution in [-0.2, 0) is 0 Å². The number of rotatable bonds is 2. The van der Waals surface area contributed by atoms with Gasteiger partial charge >= 0.3 is 0 Å². The Morgan fingerprint density at radius 2 is 1.90 bits per heavy atom. The third kappa shape index (κ3) is 2.09. The van der Waals surface area contributed by atoms with Gasteiger partial charge in [0.1, 0.15) is 5.82 Å². The van der Waals surface area contributed by atoms with Crippen LogP contribution < -0.4 is 5.32 Å². The van der Waals surface area contributed by atoms with Gasteiger partial charge in [-0.3, -0.25) is 0 Å². The van der Waals surface area contributed by atoms with Gasteiger partial charge in [-0.15, -0.1) is 0 Å². The molecule has 1 aliphatic heterocycles. The number of aromatic nitrogens is 1. The number of pyridine rings is 1. The fourth-order valence-corrected chi connectivity index (χ4v) is 2.78. The summed E-state index contributed by atoms with van der Waals surface area (Å²) in [6, 6.07) is 8.60. The van der Waals surface area contributed by atoms with Crippen LogP contribution in [0.3, 0.4) is 0 Å². The van der Waals surface area contributed by atoms with E-state index in [0.29, 0.717) is 5.92 Å². The summed E-state index contributed by atoms with van der Waals surface area (Å²) in [6.45, 7) is 8.82. The van der Waals surface area contributed by atoms with Crippen LogP contribution in [-0.4, -0.2) is 10.5 Å². The van der Waals surface area contributed by atoms with Crippen molar-refractivity contribution in [2.75, 3.05) is 5.32 Å². The summed E-state index contributed by atoms with van der Waals surface area (Å²) in [6.07, 6.45) is 5.53. The highest BCUT2D eigenvalue weighted by atomic mass is 15.1. The van der Waals surface area contributed by atoms with Gasteiger partial charge in [0.15, 0.2) is 0 Å². The van der Waals surface area contributed by atoms with E-state index >= 15 is 0 Å². The molecule has 2 aromatic rings. The second-order valence-corrected chi connectivity index (χ2v) is 6.29. The van der Waals surface area contributed by atoms with Crippen molar-refractivity contribution in [3.8, 4) is 0 Å². The van der Waals surface area contributed by atoms with Crippen LogP contribution in [0.15, 0.2) is 30.3 Å². The summed E-state index contributed by atoms with van der Waals surface area (Å²) in [5.74, 6) is 1.49. The lowest BCUT2D eigenvalue weighted by Crippen LogP contribution is -2.31. The molecule has 1 aromatic heterocycles. The van der Waals surface area contributed by atoms with Gasteiger partial charge in [0, 0.05) is 10.9 Å². The minimum atomic E-state index is -0.0326. The van der Waals surface area contributed by atoms with Gasteiger partial charge < -0.3 is 5.32 Å². The number of hydrogen-bond acceptors (Lipinski definition) is 2. The van der Waals surface area contributed by atoms with Crippen LogP contribution in [0.4, 0.5) is 5.82 Å². The molecule has 2 heteroatoms. The van der Waals surface area contributed by atoms with Crippen molar-refractivity contribution in [1.82, 2.24) is 4.98 Å². The number of anilines is 1. The zero-order valence-corrected chi connectivity index (χ0v) is 12.7. The van der Waals surface area contributed by atoms with Crippen molar-refractivity contribution in [2.45, 2.75) is 45.6 Å². The quantitative estimate of drug-likeness (QED) is 0.830. The lowest BCUT2D eigenvalue weighted by molar-refractivity contribution is 0.691. The summed E-state index contributed by atoms with van der Waals surface area (Å²) in [5, 5.41) is 6.13. The lowest BCUT2D eigenvalue weighted by atomic mass is 9.92. The Labute approximate surface area is 120 Å². The van der Waals surface area contributed by atoms with E-state index < -0.39 is 0 Å². The molecule has 3 rings (SSSR count). The van der Waals surface area contributed by atoms with Crippen molar-refractivity contribution < 1.29 is 0 Å². The molecule has 1 aliphatic rings. The molecule has 1 N–H and O–H groups in total. The Balaban J connectivity index is 2.30. The molecule has 0 saturated heterocycles. The van der Waals surface area contributed by atoms with Crippen LogP contribution in [0.5, 0.6) is 0 Å². The third-order valence-corrected chi connectivity index (χ3v) is 4.17. The van der Waals surface area contributed by atoms with E-state index in [9.17, 15) is 0 Å². The smallest absolute Gasteiger partial charge is 0.134 e. The molecule has 2 heterocycles. The normalized spacial score (nSPS) is 17.6. The summed E-state index contributed by atoms with van der Waals surface area (Å²) < 4.78 is 0. The van der Waals surface area contributed by atoms with Gasteiger partial charge in [-0.1, -0.05) is 50.3 Å². The zero-order chi connectivity index (χ0) is 14.3. The molecular weight excluding hydrogens is 244 g/mol. The van der Waals surface area contributed by atoms with Gasteiger partial charge in [0.25, 0.3) is 0 Å². The summed E-state index contributed by atoms with van der Waals surface area (Å²) in [7, 11) is 0. The SMILES string of the molecule is CCC(C)c1nc2c(c3ccccc13)C=CC(C)(C)N2. The summed E-state index contributed by atoms with van der Waals surface area (Å²) in [4.78, 5) is 4.95. The van der Waals surface area contributed by atoms with Crippen LogP contribution in [0.2, 0.25) is 0 Å². The van der Waals surface area contributed by atoms with E-state index in [4.69, 9.17) is 4.98 Å². The fourth-order valence-electron chi connectivity index (χ4n) is 2.78. The first kappa shape index (κ1) is 13.2. The molecule has 1 unspecified atom stereocenters. The number of benzene rings is 1. The predicted octanol–water partition coefficient (Wildman–Crippen LogP) is 4.97. The van der Waals surface area contributed by atoms with Crippen molar-refractivity contribution >= 4 is 22.7 Å². The molecule has 0 amide bonds. The molecule has 0 spiro atoms. The van der Waals surface area contributed by atoms with Crippen molar-refractivity contribution in [3.63, 3.8) is 0 Å². The molecule has 0 radical (unpaired) electrons. The van der Waals surface area contributed by atoms with E-state index in [1.807, 2.05) is 0 Å². The average molecular weight is 266 g/mol. The van der Waals surface area contributed by atoms with Gasteiger partial charge in [0.2, 0.25) is 0 Å². The third-order valence-electron chi connectivity index (χ3n) is 4.17. The second kappa shape index (κ2) is 4.62. The van der Waals surface area contributed by atoms with Crippen molar-refractivity contribution in [3.05, 3.63) is 41.6 Å². The first-order chi connectivity index (χ1) is 9.52. The molecular formula is C18H22N2. The Hall–Kier alpha value is -1.83. The van der Waals surface area contributed by atoms with Crippen LogP contribution in [0.1, 0.15) is 51.3 Å². The number of fused-ring (bicyclic) bond motifs is 3. The van der Waals surface area contributed by atoms with Crippen molar-refractivity contribution in [1.29, 1.82) is 0 Å². The fraction of sp³-hybridized carbons (Fsp3) is 0.389. The van der Waals surface area contributed by atoms with Crippen LogP contribution in [0, 0.1) is 0 Å². The number of hydrogen-bond donors (Lipinski definition) is 1. The molecule has 0 bridgehead atoms. The average Bonchev–Trinajstić information content (AvgIpc) is 2.44. The first-order valence-corrected chi connectivity index (χ1v) is 7.42. The van der Waals surface area contributed by atoms with E-state index in [2.05, 4.69) is 69.4 Å². The standard InChI is InChI=1S/C18H22N2/c1-5-12(2)16-14-9-7-6-8-13(14)15-10-11-18(3,4)20-17(15)19-16/h6-12H,5H2,1-4H3,(H,19,20). The second-order valence-electron chi connectivity index (χ2n) is 6.29. The predicted molar refractivity (Wildman–Crippen MR) is 87.2 cm³/mol. The van der Waals surface area contributed by atoms with Gasteiger partial charge in [-0.05, 0) is 31.6 Å². The molecule has 20 heavy (non-hydrogen) atoms. The zero-order valence-electron chi connectivity index (χ0n) is 12.7. The van der Waals surface area contributed by atoms with Crippen LogP contribution in [0.25, 0.3) is 16.8 Å². The Kier molecular flexibility index (Phi) is 3.04. The Morgan fingerprint density at radius 1 is 1.20 bits per heavy atom. The highest BCUT2D eigenvalue weighted by Gasteiger charge is 2.23. The largest absolute Gasteiger partial charge is 0.361 e. The maximum absolute atomic E-state index is 4.95. The molecule has 0 fully saturated rings. The van der Waals surface area contributed by atoms with E-state index in [0.717, 1.165) is 12.2 Å². The van der Waals surface area contributed by atoms with E-state index in [-0.39, 0.29) is 5.54 Å². The van der Waals surface area contributed by atoms with Crippen molar-refractivity contribution in [2.24, 2.45) is 0 Å². The summed E-state index contributed by atoms with van der Waals surface area (Å²) in [5.41, 5.74) is 2.39. The molecule has 2 nitrogen and oxygen atoms in total. The van der Waals surface area contributed by atoms with Gasteiger partial charge in [-0.25, -0.2) is 4.98 Å². The highest BCUT2D eigenvalue weighted by Crippen LogP contribution is 2.36. The van der Waals surface area contributed by atoms with Gasteiger partial charge in [-0.2, -0.15) is 0 Å². The Bertz CT molecular complexity index is 683. The topological polar surface area (TPSA) is 24.9 Å². The van der Waals surface area contributed by atoms with E-state index in [1.54, 1.807) is 0 Å². The van der Waals surface area contributed by atoms with Gasteiger partial charge in [0.05, 0.1) is 11.2 Å². The minimum Gasteiger partial charge on any atom is -0.361 e. The maximum atomic E-state index is 4.95. The molecule has 1 aromatic carbocycles. The van der Waals surface area contributed by atoms with Crippen LogP contribution >= 0.6 is 0 Å². The van der Waals surface area contributed by atoms with E-state index in [1.165, 1.54) is 22.0 Å². The lowest BCUT2D eigenvalue weighted by Gasteiger charge is -2.29. The Morgan fingerprint density at radius 3 is 2.60 bits per heavy atom. The summed E-state index contributed by atoms with van der Waals surface area (Å²) >= 11 is 0. The highest BCUT2D eigenvalue weighted by molar-refractivity contribution is 5.97.